The smallest absolute Gasteiger partial charge is 0.200 e. The summed E-state index contributed by atoms with van der Waals surface area (Å²) in [6.45, 7) is 0. The number of hydrogen-bond acceptors (Lipinski definition) is 0. The summed E-state index contributed by atoms with van der Waals surface area (Å²) in [4.78, 5) is 0. The zero-order valence-corrected chi connectivity index (χ0v) is 7.92. The second-order valence-electron chi connectivity index (χ2n) is 1.98. The molecule has 0 aliphatic rings. The molecule has 0 bridgehead atoms. The Morgan fingerprint density at radius 3 is 1.07 bits per heavy atom. The van der Waals surface area contributed by atoms with Crippen LogP contribution in [0.25, 0.3) is 0 Å². The van der Waals surface area contributed by atoms with E-state index in [-0.39, 0.29) is 24.8 Å². The highest BCUT2D eigenvalue weighted by Crippen LogP contribution is 2.14. The van der Waals surface area contributed by atoms with E-state index in [4.69, 9.17) is 0 Å². The maximum absolute atomic E-state index is 12.3. The highest BCUT2D eigenvalue weighted by Gasteiger charge is 2.22. The third kappa shape index (κ3) is 2.30. The van der Waals surface area contributed by atoms with Gasteiger partial charge < -0.3 is 0 Å². The molecule has 0 aromatic heterocycles. The Labute approximate surface area is 89.7 Å². The van der Waals surface area contributed by atoms with Gasteiger partial charge in [0.15, 0.2) is 29.1 Å². The zero-order chi connectivity index (χ0) is 9.46. The Hall–Kier alpha value is -0.485. The first kappa shape index (κ1) is 16.0. The summed E-state index contributed by atoms with van der Waals surface area (Å²) < 4.78 is 61.1. The zero-order valence-electron chi connectivity index (χ0n) is 6.28. The first-order valence-corrected chi connectivity index (χ1v) is 2.73. The van der Waals surface area contributed by atoms with Gasteiger partial charge in [0.05, 0.1) is 0 Å². The van der Waals surface area contributed by atoms with Gasteiger partial charge in [0.25, 0.3) is 0 Å². The Bertz CT molecular complexity index is 238. The van der Waals surface area contributed by atoms with Crippen molar-refractivity contribution in [1.29, 1.82) is 0 Å². The van der Waals surface area contributed by atoms with Crippen molar-refractivity contribution in [3.8, 4) is 0 Å². The van der Waals surface area contributed by atoms with Crippen molar-refractivity contribution in [2.45, 2.75) is 0 Å². The van der Waals surface area contributed by atoms with Gasteiger partial charge in [0.1, 0.15) is 7.85 Å². The van der Waals surface area contributed by atoms with Gasteiger partial charge in [0, 0.05) is 0 Å². The maximum Gasteiger partial charge on any atom is 0.200 e. The predicted molar refractivity (Wildman–Crippen MR) is 46.1 cm³/mol. The van der Waals surface area contributed by atoms with Gasteiger partial charge in [-0.25, -0.2) is 22.0 Å². The first-order chi connectivity index (χ1) is 5.46. The Morgan fingerprint density at radius 1 is 0.571 bits per heavy atom. The summed E-state index contributed by atoms with van der Waals surface area (Å²) in [5.74, 6) is -10.3. The Morgan fingerprint density at radius 2 is 0.786 bits per heavy atom. The summed E-state index contributed by atoms with van der Waals surface area (Å²) in [7, 11) is 4.56. The molecule has 1 aromatic carbocycles. The number of halogens is 7. The highest BCUT2D eigenvalue weighted by atomic mass is 35.5. The molecule has 0 nitrogen and oxygen atoms in total. The molecular formula is C6H2BCl2F5. The van der Waals surface area contributed by atoms with Crippen LogP contribution < -0.4 is 5.46 Å². The molecule has 0 spiro atoms. The molecule has 0 saturated heterocycles. The monoisotopic (exact) mass is 250 g/mol. The topological polar surface area (TPSA) is 0 Å². The van der Waals surface area contributed by atoms with E-state index in [2.05, 4.69) is 7.85 Å². The van der Waals surface area contributed by atoms with E-state index >= 15 is 0 Å². The van der Waals surface area contributed by atoms with Crippen molar-refractivity contribution in [2.75, 3.05) is 0 Å². The van der Waals surface area contributed by atoms with Crippen LogP contribution in [-0.4, -0.2) is 7.85 Å². The lowest BCUT2D eigenvalue weighted by molar-refractivity contribution is 0.384. The van der Waals surface area contributed by atoms with Gasteiger partial charge in [-0.2, -0.15) is 0 Å². The van der Waals surface area contributed by atoms with Gasteiger partial charge in [-0.15, -0.1) is 24.8 Å². The van der Waals surface area contributed by atoms with Crippen molar-refractivity contribution in [2.24, 2.45) is 0 Å². The number of hydrogen-bond donors (Lipinski definition) is 0. The van der Waals surface area contributed by atoms with Crippen LogP contribution in [0.15, 0.2) is 0 Å². The number of rotatable bonds is 0. The van der Waals surface area contributed by atoms with E-state index < -0.39 is 34.5 Å². The van der Waals surface area contributed by atoms with E-state index in [1.807, 2.05) is 0 Å². The molecule has 0 unspecified atom stereocenters. The van der Waals surface area contributed by atoms with Gasteiger partial charge in [0.2, 0.25) is 0 Å². The molecule has 0 amide bonds. The molecule has 2 radical (unpaired) electrons. The molecule has 0 heterocycles. The fourth-order valence-electron chi connectivity index (χ4n) is 0.622. The third-order valence-electron chi connectivity index (χ3n) is 1.24. The van der Waals surface area contributed by atoms with Crippen LogP contribution in [0.5, 0.6) is 0 Å². The van der Waals surface area contributed by atoms with Crippen LogP contribution in [0, 0.1) is 29.1 Å². The molecule has 0 aliphatic heterocycles. The standard InChI is InChI=1S/C6BF5.2ClH/c7-1-2(8)4(10)6(12)5(11)3(1)9;;/h;2*1H. The SMILES string of the molecule is Cl.Cl.[B]c1c(F)c(F)c(F)c(F)c1F. The summed E-state index contributed by atoms with van der Waals surface area (Å²) in [6, 6.07) is 0. The largest absolute Gasteiger partial charge is 0.204 e. The summed E-state index contributed by atoms with van der Waals surface area (Å²) in [6.07, 6.45) is 0. The van der Waals surface area contributed by atoms with Gasteiger partial charge >= 0.3 is 0 Å². The van der Waals surface area contributed by atoms with E-state index in [0.717, 1.165) is 0 Å². The molecule has 1 rings (SSSR count). The molecule has 78 valence electrons. The number of benzene rings is 1. The molecular weight excluding hydrogens is 249 g/mol. The summed E-state index contributed by atoms with van der Waals surface area (Å²) in [5.41, 5.74) is -1.37. The molecule has 14 heavy (non-hydrogen) atoms. The van der Waals surface area contributed by atoms with Gasteiger partial charge in [-0.3, -0.25) is 0 Å². The minimum absolute atomic E-state index is 0. The lowest BCUT2D eigenvalue weighted by Crippen LogP contribution is -2.20. The van der Waals surface area contributed by atoms with Crippen molar-refractivity contribution in [1.82, 2.24) is 0 Å². The molecule has 0 aliphatic carbocycles. The van der Waals surface area contributed by atoms with Crippen molar-refractivity contribution < 1.29 is 22.0 Å². The Kier molecular flexibility index (Phi) is 6.17. The van der Waals surface area contributed by atoms with Crippen LogP contribution in [-0.2, 0) is 0 Å². The van der Waals surface area contributed by atoms with Crippen LogP contribution in [0.2, 0.25) is 0 Å². The fraction of sp³-hybridized carbons (Fsp3) is 0. The van der Waals surface area contributed by atoms with E-state index in [0.29, 0.717) is 0 Å². The van der Waals surface area contributed by atoms with Gasteiger partial charge in [-0.05, 0) is 5.46 Å². The minimum Gasteiger partial charge on any atom is -0.204 e. The predicted octanol–water partition coefficient (Wildman–Crippen LogP) is 2.02. The van der Waals surface area contributed by atoms with Crippen LogP contribution >= 0.6 is 24.8 Å². The summed E-state index contributed by atoms with van der Waals surface area (Å²) >= 11 is 0. The highest BCUT2D eigenvalue weighted by molar-refractivity contribution is 6.32. The second kappa shape index (κ2) is 5.41. The molecule has 0 N–H and O–H groups in total. The van der Waals surface area contributed by atoms with Crippen molar-refractivity contribution >= 4 is 38.1 Å². The summed E-state index contributed by atoms with van der Waals surface area (Å²) in [5, 5.41) is 0. The molecule has 8 heteroatoms. The lowest BCUT2D eigenvalue weighted by Gasteiger charge is -2.02. The average Bonchev–Trinajstić information content (AvgIpc) is 2.08. The quantitative estimate of drug-likeness (QED) is 0.286. The van der Waals surface area contributed by atoms with Crippen LogP contribution in [0.1, 0.15) is 0 Å². The van der Waals surface area contributed by atoms with Crippen molar-refractivity contribution in [3.05, 3.63) is 29.1 Å². The van der Waals surface area contributed by atoms with E-state index in [9.17, 15) is 22.0 Å². The minimum atomic E-state index is -2.21. The normalized spacial score (nSPS) is 8.93. The fourth-order valence-corrected chi connectivity index (χ4v) is 0.622. The van der Waals surface area contributed by atoms with Crippen LogP contribution in [0.4, 0.5) is 22.0 Å². The first-order valence-electron chi connectivity index (χ1n) is 2.73. The van der Waals surface area contributed by atoms with Gasteiger partial charge in [-0.1, -0.05) is 0 Å². The molecule has 0 fully saturated rings. The third-order valence-corrected chi connectivity index (χ3v) is 1.24. The molecule has 1 aromatic rings. The second-order valence-corrected chi connectivity index (χ2v) is 1.98. The molecule has 0 atom stereocenters. The maximum atomic E-state index is 12.3. The molecule has 0 saturated carbocycles. The van der Waals surface area contributed by atoms with E-state index in [1.54, 1.807) is 0 Å². The van der Waals surface area contributed by atoms with Crippen molar-refractivity contribution in [3.63, 3.8) is 0 Å². The lowest BCUT2D eigenvalue weighted by atomic mass is 9.94. The average molecular weight is 251 g/mol. The van der Waals surface area contributed by atoms with Crippen LogP contribution in [0.3, 0.4) is 0 Å². The van der Waals surface area contributed by atoms with E-state index in [1.165, 1.54) is 0 Å². The Balaban J connectivity index is 0.